The number of ether oxygens (including phenoxy) is 1. The number of esters is 1. The molecule has 0 saturated carbocycles. The summed E-state index contributed by atoms with van der Waals surface area (Å²) in [4.78, 5) is 18.5. The summed E-state index contributed by atoms with van der Waals surface area (Å²) < 4.78 is 7.37. The molecule has 5 nitrogen and oxygen atoms in total. The van der Waals surface area contributed by atoms with Crippen molar-refractivity contribution in [2.75, 3.05) is 13.2 Å². The van der Waals surface area contributed by atoms with Gasteiger partial charge in [-0.1, -0.05) is 6.42 Å². The number of hydrogen-bond acceptors (Lipinski definition) is 4. The Balaban J connectivity index is 2.08. The summed E-state index contributed by atoms with van der Waals surface area (Å²) in [6, 6.07) is 0.289. The smallest absolute Gasteiger partial charge is 0.323 e. The molecule has 112 valence electrons. The van der Waals surface area contributed by atoms with E-state index in [-0.39, 0.29) is 12.0 Å². The molecule has 0 aromatic carbocycles. The average molecular weight is 279 g/mol. The van der Waals surface area contributed by atoms with E-state index in [1.807, 2.05) is 19.4 Å². The Morgan fingerprint density at radius 2 is 2.30 bits per heavy atom. The van der Waals surface area contributed by atoms with Crippen molar-refractivity contribution >= 4 is 5.97 Å². The van der Waals surface area contributed by atoms with Crippen LogP contribution >= 0.6 is 0 Å². The highest BCUT2D eigenvalue weighted by molar-refractivity contribution is 5.75. The van der Waals surface area contributed by atoms with Gasteiger partial charge < -0.3 is 9.30 Å². The minimum absolute atomic E-state index is 0.0807. The van der Waals surface area contributed by atoms with Crippen LogP contribution in [0.3, 0.4) is 0 Å². The topological polar surface area (TPSA) is 47.4 Å². The second kappa shape index (κ2) is 6.88. The Labute approximate surface area is 120 Å². The van der Waals surface area contributed by atoms with Gasteiger partial charge in [-0.25, -0.2) is 4.98 Å². The van der Waals surface area contributed by atoms with Crippen molar-refractivity contribution in [2.24, 2.45) is 0 Å². The molecule has 1 aromatic heterocycles. The van der Waals surface area contributed by atoms with Gasteiger partial charge in [-0.05, 0) is 40.2 Å². The molecule has 2 rings (SSSR count). The Kier molecular flexibility index (Phi) is 5.17. The van der Waals surface area contributed by atoms with Crippen molar-refractivity contribution in [1.82, 2.24) is 14.5 Å². The number of piperidine rings is 1. The molecule has 0 aliphatic carbocycles. The van der Waals surface area contributed by atoms with Gasteiger partial charge in [0, 0.05) is 18.8 Å². The molecule has 1 aliphatic rings. The van der Waals surface area contributed by atoms with E-state index in [1.54, 1.807) is 0 Å². The van der Waals surface area contributed by atoms with Gasteiger partial charge in [0.1, 0.15) is 6.04 Å². The number of likely N-dealkylation sites (tertiary alicyclic amines) is 1. The summed E-state index contributed by atoms with van der Waals surface area (Å²) in [5, 5.41) is 0. The van der Waals surface area contributed by atoms with E-state index >= 15 is 0 Å². The second-order valence-electron chi connectivity index (χ2n) is 5.62. The van der Waals surface area contributed by atoms with Crippen LogP contribution < -0.4 is 0 Å². The highest BCUT2D eigenvalue weighted by Gasteiger charge is 2.30. The fourth-order valence-electron chi connectivity index (χ4n) is 2.81. The molecule has 5 heteroatoms. The molecule has 0 spiro atoms. The lowest BCUT2D eigenvalue weighted by molar-refractivity contribution is -0.151. The Hall–Kier alpha value is -1.36. The van der Waals surface area contributed by atoms with Crippen LogP contribution in [0.5, 0.6) is 0 Å². The van der Waals surface area contributed by atoms with Gasteiger partial charge in [0.05, 0.1) is 18.6 Å². The molecular weight excluding hydrogens is 254 g/mol. The Bertz CT molecular complexity index is 442. The number of hydrogen-bond donors (Lipinski definition) is 0. The average Bonchev–Trinajstić information content (AvgIpc) is 2.88. The largest absolute Gasteiger partial charge is 0.465 e. The van der Waals surface area contributed by atoms with E-state index in [9.17, 15) is 4.79 Å². The lowest BCUT2D eigenvalue weighted by atomic mass is 10.0. The minimum Gasteiger partial charge on any atom is -0.465 e. The van der Waals surface area contributed by atoms with Gasteiger partial charge in [-0.15, -0.1) is 0 Å². The van der Waals surface area contributed by atoms with E-state index in [4.69, 9.17) is 4.74 Å². The Morgan fingerprint density at radius 3 is 3.00 bits per heavy atom. The van der Waals surface area contributed by atoms with Gasteiger partial charge in [-0.3, -0.25) is 9.69 Å². The molecule has 0 bridgehead atoms. The highest BCUT2D eigenvalue weighted by atomic mass is 16.5. The maximum Gasteiger partial charge on any atom is 0.323 e. The van der Waals surface area contributed by atoms with Crippen LogP contribution in [-0.4, -0.2) is 39.6 Å². The molecular formula is C15H25N3O2. The van der Waals surface area contributed by atoms with Crippen molar-refractivity contribution in [2.45, 2.75) is 58.7 Å². The van der Waals surface area contributed by atoms with Gasteiger partial charge >= 0.3 is 5.97 Å². The first-order valence-corrected chi connectivity index (χ1v) is 7.54. The molecule has 0 N–H and O–H groups in total. The van der Waals surface area contributed by atoms with Crippen molar-refractivity contribution in [3.8, 4) is 0 Å². The first-order chi connectivity index (χ1) is 9.63. The lowest BCUT2D eigenvalue weighted by Gasteiger charge is -2.34. The molecule has 1 aliphatic heterocycles. The van der Waals surface area contributed by atoms with E-state index in [1.165, 1.54) is 0 Å². The van der Waals surface area contributed by atoms with Gasteiger partial charge in [0.2, 0.25) is 0 Å². The number of carbonyl (C=O) groups is 1. The summed E-state index contributed by atoms with van der Waals surface area (Å²) in [5.74, 6) is -0.0807. The zero-order valence-electron chi connectivity index (χ0n) is 12.7. The van der Waals surface area contributed by atoms with Crippen molar-refractivity contribution in [3.05, 3.63) is 18.2 Å². The molecule has 0 amide bonds. The summed E-state index contributed by atoms with van der Waals surface area (Å²) in [6.07, 6.45) is 6.91. The predicted molar refractivity (Wildman–Crippen MR) is 77.3 cm³/mol. The molecule has 20 heavy (non-hydrogen) atoms. The van der Waals surface area contributed by atoms with E-state index in [0.29, 0.717) is 12.6 Å². The van der Waals surface area contributed by atoms with Gasteiger partial charge in [0.15, 0.2) is 0 Å². The Morgan fingerprint density at radius 1 is 1.50 bits per heavy atom. The van der Waals surface area contributed by atoms with Gasteiger partial charge in [-0.2, -0.15) is 0 Å². The molecule has 1 fully saturated rings. The zero-order chi connectivity index (χ0) is 14.5. The van der Waals surface area contributed by atoms with Crippen LogP contribution in [0.25, 0.3) is 0 Å². The highest BCUT2D eigenvalue weighted by Crippen LogP contribution is 2.21. The SMILES string of the molecule is CCOC(=O)C1CCCCN1Cc1cncn1C(C)C. The fraction of sp³-hybridized carbons (Fsp3) is 0.733. The zero-order valence-corrected chi connectivity index (χ0v) is 12.7. The predicted octanol–water partition coefficient (Wildman–Crippen LogP) is 2.38. The molecule has 1 unspecified atom stereocenters. The van der Waals surface area contributed by atoms with E-state index in [2.05, 4.69) is 28.3 Å². The van der Waals surface area contributed by atoms with Crippen LogP contribution in [-0.2, 0) is 16.1 Å². The molecule has 1 atom stereocenters. The molecule has 0 radical (unpaired) electrons. The van der Waals surface area contributed by atoms with Crippen LogP contribution in [0, 0.1) is 0 Å². The van der Waals surface area contributed by atoms with Crippen LogP contribution in [0.4, 0.5) is 0 Å². The third-order valence-corrected chi connectivity index (χ3v) is 3.84. The van der Waals surface area contributed by atoms with E-state index in [0.717, 1.165) is 38.0 Å². The molecule has 1 aromatic rings. The third kappa shape index (κ3) is 3.39. The first-order valence-electron chi connectivity index (χ1n) is 7.54. The number of carbonyl (C=O) groups excluding carboxylic acids is 1. The number of imidazole rings is 1. The second-order valence-corrected chi connectivity index (χ2v) is 5.62. The monoisotopic (exact) mass is 279 g/mol. The fourth-order valence-corrected chi connectivity index (χ4v) is 2.81. The summed E-state index contributed by atoms with van der Waals surface area (Å²) in [5.41, 5.74) is 1.16. The van der Waals surface area contributed by atoms with Crippen molar-refractivity contribution in [1.29, 1.82) is 0 Å². The third-order valence-electron chi connectivity index (χ3n) is 3.84. The molecule has 2 heterocycles. The summed E-state index contributed by atoms with van der Waals surface area (Å²) in [6.45, 7) is 8.31. The lowest BCUT2D eigenvalue weighted by Crippen LogP contribution is -2.45. The summed E-state index contributed by atoms with van der Waals surface area (Å²) >= 11 is 0. The maximum atomic E-state index is 12.1. The summed E-state index contributed by atoms with van der Waals surface area (Å²) in [7, 11) is 0. The maximum absolute atomic E-state index is 12.1. The normalized spacial score (nSPS) is 20.3. The van der Waals surface area contributed by atoms with Crippen LogP contribution in [0.2, 0.25) is 0 Å². The number of aromatic nitrogens is 2. The van der Waals surface area contributed by atoms with Crippen molar-refractivity contribution < 1.29 is 9.53 Å². The van der Waals surface area contributed by atoms with Gasteiger partial charge in [0.25, 0.3) is 0 Å². The number of nitrogens with zero attached hydrogens (tertiary/aromatic N) is 3. The standard InChI is InChI=1S/C15H25N3O2/c1-4-20-15(19)14-7-5-6-8-17(14)10-13-9-16-11-18(13)12(2)3/h9,11-12,14H,4-8,10H2,1-3H3. The molecule has 1 saturated heterocycles. The van der Waals surface area contributed by atoms with Crippen LogP contribution in [0.1, 0.15) is 51.8 Å². The van der Waals surface area contributed by atoms with Crippen molar-refractivity contribution in [3.63, 3.8) is 0 Å². The quantitative estimate of drug-likeness (QED) is 0.776. The first kappa shape index (κ1) is 15.0. The van der Waals surface area contributed by atoms with E-state index < -0.39 is 0 Å². The van der Waals surface area contributed by atoms with Crippen LogP contribution in [0.15, 0.2) is 12.5 Å². The number of rotatable bonds is 5. The minimum atomic E-state index is -0.0980.